The smallest absolute Gasteiger partial charge is 0.255 e. The van der Waals surface area contributed by atoms with Crippen LogP contribution in [0.25, 0.3) is 0 Å². The van der Waals surface area contributed by atoms with E-state index in [0.29, 0.717) is 11.3 Å². The summed E-state index contributed by atoms with van der Waals surface area (Å²) in [6.45, 7) is 7.29. The Bertz CT molecular complexity index is 508. The summed E-state index contributed by atoms with van der Waals surface area (Å²) in [5.41, 5.74) is 3.60. The Balaban J connectivity index is 2.66. The molecule has 0 unspecified atom stereocenters. The number of nitrogens with zero attached hydrogens (tertiary/aromatic N) is 1. The van der Waals surface area contributed by atoms with Crippen molar-refractivity contribution >= 4 is 17.5 Å². The van der Waals surface area contributed by atoms with Crippen LogP contribution in [0.1, 0.15) is 36.8 Å². The molecular formula is C13H21N5O2. The molecule has 0 atom stereocenters. The maximum atomic E-state index is 12.0. The van der Waals surface area contributed by atoms with Crippen LogP contribution in [0, 0.1) is 6.92 Å². The molecule has 0 fully saturated rings. The van der Waals surface area contributed by atoms with Gasteiger partial charge in [-0.05, 0) is 33.8 Å². The highest BCUT2D eigenvalue weighted by molar-refractivity contribution is 6.00. The van der Waals surface area contributed by atoms with E-state index in [1.807, 2.05) is 20.8 Å². The van der Waals surface area contributed by atoms with E-state index in [0.717, 1.165) is 5.69 Å². The number of nitrogens with two attached hydrogens (primary N) is 1. The molecule has 1 aromatic heterocycles. The molecule has 2 amide bonds. The molecule has 0 aliphatic rings. The van der Waals surface area contributed by atoms with Crippen molar-refractivity contribution in [2.24, 2.45) is 5.84 Å². The van der Waals surface area contributed by atoms with Crippen LogP contribution in [-0.2, 0) is 4.79 Å². The van der Waals surface area contributed by atoms with Crippen LogP contribution in [0.4, 0.5) is 5.69 Å². The Morgan fingerprint density at radius 2 is 2.00 bits per heavy atom. The number of hydrogen-bond acceptors (Lipinski definition) is 5. The van der Waals surface area contributed by atoms with Crippen molar-refractivity contribution < 1.29 is 9.59 Å². The van der Waals surface area contributed by atoms with Crippen molar-refractivity contribution in [3.05, 3.63) is 23.5 Å². The molecule has 0 saturated heterocycles. The van der Waals surface area contributed by atoms with Gasteiger partial charge in [0.05, 0.1) is 17.8 Å². The minimum atomic E-state index is -0.408. The van der Waals surface area contributed by atoms with Crippen LogP contribution < -0.4 is 21.9 Å². The van der Waals surface area contributed by atoms with Crippen LogP contribution in [0.2, 0.25) is 0 Å². The number of nitrogens with one attached hydrogen (secondary N) is 3. The van der Waals surface area contributed by atoms with Crippen molar-refractivity contribution in [1.29, 1.82) is 0 Å². The van der Waals surface area contributed by atoms with Gasteiger partial charge in [0.1, 0.15) is 0 Å². The molecule has 110 valence electrons. The first-order valence-electron chi connectivity index (χ1n) is 6.25. The molecule has 0 spiro atoms. The summed E-state index contributed by atoms with van der Waals surface area (Å²) in [5.74, 6) is 4.70. The number of aryl methyl sites for hydroxylation is 1. The lowest BCUT2D eigenvalue weighted by atomic mass is 10.1. The quantitative estimate of drug-likeness (QED) is 0.469. The number of pyridine rings is 1. The molecule has 1 aromatic rings. The summed E-state index contributed by atoms with van der Waals surface area (Å²) in [7, 11) is 0. The number of amides is 2. The number of hydrogen-bond donors (Lipinski definition) is 4. The van der Waals surface area contributed by atoms with Gasteiger partial charge in [-0.15, -0.1) is 0 Å². The Hall–Kier alpha value is -2.15. The largest absolute Gasteiger partial charge is 0.350 e. The standard InChI is InChI=1S/C13H21N5O2/c1-8-5-10(18-14)9(6-15-8)12(20)16-7-11(19)17-13(2,3)4/h5-6H,7,14H2,1-4H3,(H,15,18)(H,16,20)(H,17,19). The van der Waals surface area contributed by atoms with Crippen molar-refractivity contribution in [3.8, 4) is 0 Å². The molecule has 1 heterocycles. The molecule has 0 aliphatic heterocycles. The first kappa shape index (κ1) is 15.9. The maximum Gasteiger partial charge on any atom is 0.255 e. The minimum Gasteiger partial charge on any atom is -0.350 e. The van der Waals surface area contributed by atoms with E-state index in [1.165, 1.54) is 6.20 Å². The third-order valence-electron chi connectivity index (χ3n) is 2.36. The zero-order valence-electron chi connectivity index (χ0n) is 12.2. The van der Waals surface area contributed by atoms with E-state index in [4.69, 9.17) is 5.84 Å². The molecule has 1 rings (SSSR count). The highest BCUT2D eigenvalue weighted by atomic mass is 16.2. The van der Waals surface area contributed by atoms with Crippen molar-refractivity contribution in [2.45, 2.75) is 33.2 Å². The van der Waals surface area contributed by atoms with Crippen LogP contribution >= 0.6 is 0 Å². The third-order valence-corrected chi connectivity index (χ3v) is 2.36. The summed E-state index contributed by atoms with van der Waals surface area (Å²) in [6, 6.07) is 1.66. The summed E-state index contributed by atoms with van der Waals surface area (Å²) in [6.07, 6.45) is 1.42. The van der Waals surface area contributed by atoms with Gasteiger partial charge in [-0.1, -0.05) is 0 Å². The average molecular weight is 279 g/mol. The van der Waals surface area contributed by atoms with Crippen LogP contribution in [-0.4, -0.2) is 28.9 Å². The van der Waals surface area contributed by atoms with Crippen molar-refractivity contribution in [1.82, 2.24) is 15.6 Å². The van der Waals surface area contributed by atoms with Gasteiger partial charge in [-0.2, -0.15) is 0 Å². The SMILES string of the molecule is Cc1cc(NN)c(C(=O)NCC(=O)NC(C)(C)C)cn1. The fourth-order valence-corrected chi connectivity index (χ4v) is 1.58. The summed E-state index contributed by atoms with van der Waals surface area (Å²) < 4.78 is 0. The van der Waals surface area contributed by atoms with Gasteiger partial charge in [0.15, 0.2) is 0 Å². The van der Waals surface area contributed by atoms with E-state index in [2.05, 4.69) is 21.0 Å². The van der Waals surface area contributed by atoms with Crippen LogP contribution in [0.15, 0.2) is 12.3 Å². The molecule has 0 radical (unpaired) electrons. The van der Waals surface area contributed by atoms with Gasteiger partial charge in [-0.25, -0.2) is 0 Å². The van der Waals surface area contributed by atoms with E-state index >= 15 is 0 Å². The number of rotatable bonds is 4. The fraction of sp³-hybridized carbons (Fsp3) is 0.462. The summed E-state index contributed by atoms with van der Waals surface area (Å²) in [4.78, 5) is 27.6. The molecule has 7 heteroatoms. The first-order chi connectivity index (χ1) is 9.23. The van der Waals surface area contributed by atoms with E-state index in [9.17, 15) is 9.59 Å². The minimum absolute atomic E-state index is 0.103. The molecular weight excluding hydrogens is 258 g/mol. The molecule has 0 aromatic carbocycles. The lowest BCUT2D eigenvalue weighted by molar-refractivity contribution is -0.121. The highest BCUT2D eigenvalue weighted by Gasteiger charge is 2.16. The van der Waals surface area contributed by atoms with E-state index in [-0.39, 0.29) is 18.0 Å². The van der Waals surface area contributed by atoms with Crippen LogP contribution in [0.5, 0.6) is 0 Å². The number of nitrogen functional groups attached to an aromatic ring is 1. The number of hydrazine groups is 1. The van der Waals surface area contributed by atoms with Gasteiger partial charge < -0.3 is 16.1 Å². The lowest BCUT2D eigenvalue weighted by Gasteiger charge is -2.20. The second-order valence-corrected chi connectivity index (χ2v) is 5.50. The van der Waals surface area contributed by atoms with Crippen molar-refractivity contribution in [2.75, 3.05) is 12.0 Å². The molecule has 7 nitrogen and oxygen atoms in total. The molecule has 0 saturated carbocycles. The van der Waals surface area contributed by atoms with Gasteiger partial charge in [0, 0.05) is 17.4 Å². The third kappa shape index (κ3) is 4.85. The highest BCUT2D eigenvalue weighted by Crippen LogP contribution is 2.13. The number of carbonyl (C=O) groups excluding carboxylic acids is 2. The zero-order valence-corrected chi connectivity index (χ0v) is 12.2. The van der Waals surface area contributed by atoms with E-state index < -0.39 is 5.91 Å². The maximum absolute atomic E-state index is 12.0. The number of aromatic nitrogens is 1. The molecule has 20 heavy (non-hydrogen) atoms. The summed E-state index contributed by atoms with van der Waals surface area (Å²) in [5, 5.41) is 5.28. The number of anilines is 1. The Kier molecular flexibility index (Phi) is 5.04. The predicted octanol–water partition coefficient (Wildman–Crippen LogP) is 0.320. The van der Waals surface area contributed by atoms with Crippen molar-refractivity contribution in [3.63, 3.8) is 0 Å². The molecule has 5 N–H and O–H groups in total. The summed E-state index contributed by atoms with van der Waals surface area (Å²) >= 11 is 0. The Morgan fingerprint density at radius 1 is 1.35 bits per heavy atom. The van der Waals surface area contributed by atoms with Crippen LogP contribution in [0.3, 0.4) is 0 Å². The fourth-order valence-electron chi connectivity index (χ4n) is 1.58. The zero-order chi connectivity index (χ0) is 15.3. The normalized spacial score (nSPS) is 10.8. The molecule has 0 aliphatic carbocycles. The van der Waals surface area contributed by atoms with Gasteiger partial charge >= 0.3 is 0 Å². The topological polar surface area (TPSA) is 109 Å². The number of carbonyl (C=O) groups is 2. The predicted molar refractivity (Wildman–Crippen MR) is 77.0 cm³/mol. The van der Waals surface area contributed by atoms with Gasteiger partial charge in [0.25, 0.3) is 5.91 Å². The second-order valence-electron chi connectivity index (χ2n) is 5.50. The first-order valence-corrected chi connectivity index (χ1v) is 6.25. The monoisotopic (exact) mass is 279 g/mol. The Morgan fingerprint density at radius 3 is 2.55 bits per heavy atom. The molecule has 0 bridgehead atoms. The average Bonchev–Trinajstić information content (AvgIpc) is 2.33. The van der Waals surface area contributed by atoms with Gasteiger partial charge in [-0.3, -0.25) is 20.4 Å². The van der Waals surface area contributed by atoms with Gasteiger partial charge in [0.2, 0.25) is 5.91 Å². The lowest BCUT2D eigenvalue weighted by Crippen LogP contribution is -2.45. The second kappa shape index (κ2) is 6.33. The van der Waals surface area contributed by atoms with E-state index in [1.54, 1.807) is 13.0 Å². The Labute approximate surface area is 118 Å².